The van der Waals surface area contributed by atoms with Gasteiger partial charge in [-0.25, -0.2) is 0 Å². The van der Waals surface area contributed by atoms with Gasteiger partial charge in [0.25, 0.3) is 5.69 Å². The van der Waals surface area contributed by atoms with Crippen LogP contribution >= 0.6 is 0 Å². The molecule has 1 aromatic rings. The third kappa shape index (κ3) is 2.89. The number of rotatable bonds is 5. The summed E-state index contributed by atoms with van der Waals surface area (Å²) in [5.41, 5.74) is 0.556. The van der Waals surface area contributed by atoms with Gasteiger partial charge < -0.3 is 14.8 Å². The van der Waals surface area contributed by atoms with E-state index in [1.54, 1.807) is 12.1 Å². The van der Waals surface area contributed by atoms with Crippen LogP contribution < -0.4 is 10.1 Å². The van der Waals surface area contributed by atoms with Gasteiger partial charge >= 0.3 is 0 Å². The second-order valence-electron chi connectivity index (χ2n) is 4.25. The van der Waals surface area contributed by atoms with Crippen LogP contribution in [-0.2, 0) is 4.74 Å². The fraction of sp³-hybridized carbons (Fsp3) is 0.500. The number of hydrogen-bond acceptors (Lipinski definition) is 5. The third-order valence-electron chi connectivity index (χ3n) is 3.01. The predicted molar refractivity (Wildman–Crippen MR) is 67.1 cm³/mol. The number of hydrogen-bond donors (Lipinski definition) is 1. The highest BCUT2D eigenvalue weighted by Crippen LogP contribution is 2.29. The minimum atomic E-state index is -0.396. The van der Waals surface area contributed by atoms with Crippen molar-refractivity contribution in [3.63, 3.8) is 0 Å². The van der Waals surface area contributed by atoms with Gasteiger partial charge in [0.05, 0.1) is 18.6 Å². The molecule has 0 radical (unpaired) electrons. The summed E-state index contributed by atoms with van der Waals surface area (Å²) in [5.74, 6) is 1.02. The molecule has 18 heavy (non-hydrogen) atoms. The molecule has 1 unspecified atom stereocenters. The van der Waals surface area contributed by atoms with E-state index in [1.165, 1.54) is 13.2 Å². The molecule has 0 spiro atoms. The van der Waals surface area contributed by atoms with Crippen molar-refractivity contribution in [2.75, 3.05) is 32.2 Å². The molecule has 1 aromatic carbocycles. The molecule has 1 heterocycles. The maximum absolute atomic E-state index is 10.9. The van der Waals surface area contributed by atoms with E-state index in [4.69, 9.17) is 9.47 Å². The fourth-order valence-electron chi connectivity index (χ4n) is 1.94. The SMILES string of the molecule is COc1ccc([N+](=O)[O-])c(NCC2CCOC2)c1. The largest absolute Gasteiger partial charge is 0.497 e. The molecule has 0 amide bonds. The Morgan fingerprint density at radius 3 is 3.06 bits per heavy atom. The average Bonchev–Trinajstić information content (AvgIpc) is 2.88. The molecule has 1 aliphatic heterocycles. The average molecular weight is 252 g/mol. The number of nitrogens with one attached hydrogen (secondary N) is 1. The standard InChI is InChI=1S/C12H16N2O4/c1-17-10-2-3-12(14(15)16)11(6-10)13-7-9-4-5-18-8-9/h2-3,6,9,13H,4-5,7-8H2,1H3. The summed E-state index contributed by atoms with van der Waals surface area (Å²) < 4.78 is 10.3. The van der Waals surface area contributed by atoms with Gasteiger partial charge in [-0.05, 0) is 12.5 Å². The maximum atomic E-state index is 10.9. The Morgan fingerprint density at radius 1 is 1.61 bits per heavy atom. The minimum absolute atomic E-state index is 0.0646. The molecular weight excluding hydrogens is 236 g/mol. The lowest BCUT2D eigenvalue weighted by molar-refractivity contribution is -0.384. The van der Waals surface area contributed by atoms with Crippen molar-refractivity contribution in [3.05, 3.63) is 28.3 Å². The zero-order valence-corrected chi connectivity index (χ0v) is 10.2. The van der Waals surface area contributed by atoms with Crippen LogP contribution in [0.5, 0.6) is 5.75 Å². The molecule has 1 fully saturated rings. The van der Waals surface area contributed by atoms with Crippen LogP contribution in [0.15, 0.2) is 18.2 Å². The molecule has 6 heteroatoms. The smallest absolute Gasteiger partial charge is 0.292 e. The lowest BCUT2D eigenvalue weighted by Gasteiger charge is -2.11. The van der Waals surface area contributed by atoms with E-state index in [2.05, 4.69) is 5.32 Å². The highest BCUT2D eigenvalue weighted by molar-refractivity contribution is 5.64. The summed E-state index contributed by atoms with van der Waals surface area (Å²) >= 11 is 0. The van der Waals surface area contributed by atoms with Crippen LogP contribution in [0.2, 0.25) is 0 Å². The van der Waals surface area contributed by atoms with Crippen molar-refractivity contribution >= 4 is 11.4 Å². The van der Waals surface area contributed by atoms with Gasteiger partial charge in [0.15, 0.2) is 0 Å². The third-order valence-corrected chi connectivity index (χ3v) is 3.01. The van der Waals surface area contributed by atoms with Crippen molar-refractivity contribution in [1.82, 2.24) is 0 Å². The summed E-state index contributed by atoms with van der Waals surface area (Å²) in [7, 11) is 1.54. The van der Waals surface area contributed by atoms with Crippen LogP contribution in [0.3, 0.4) is 0 Å². The molecule has 2 rings (SSSR count). The predicted octanol–water partition coefficient (Wildman–Crippen LogP) is 2.05. The molecule has 0 aromatic heterocycles. The molecule has 1 atom stereocenters. The Labute approximate surface area is 105 Å². The Bertz CT molecular complexity index is 430. The van der Waals surface area contributed by atoms with Gasteiger partial charge in [-0.3, -0.25) is 10.1 Å². The molecule has 0 saturated carbocycles. The molecule has 0 aliphatic carbocycles. The summed E-state index contributed by atoms with van der Waals surface area (Å²) in [5, 5.41) is 14.0. The number of benzene rings is 1. The van der Waals surface area contributed by atoms with E-state index in [0.29, 0.717) is 30.5 Å². The summed E-state index contributed by atoms with van der Waals surface area (Å²) in [6.45, 7) is 2.16. The number of ether oxygens (including phenoxy) is 2. The van der Waals surface area contributed by atoms with E-state index in [0.717, 1.165) is 13.0 Å². The first-order valence-electron chi connectivity index (χ1n) is 5.84. The van der Waals surface area contributed by atoms with Gasteiger partial charge in [-0.2, -0.15) is 0 Å². The Kier molecular flexibility index (Phi) is 3.99. The number of nitro groups is 1. The maximum Gasteiger partial charge on any atom is 0.292 e. The van der Waals surface area contributed by atoms with E-state index in [-0.39, 0.29) is 5.69 Å². The number of nitrogens with zero attached hydrogens (tertiary/aromatic N) is 1. The summed E-state index contributed by atoms with van der Waals surface area (Å²) in [6, 6.07) is 4.68. The topological polar surface area (TPSA) is 73.6 Å². The van der Waals surface area contributed by atoms with Crippen molar-refractivity contribution < 1.29 is 14.4 Å². The second kappa shape index (κ2) is 5.68. The molecule has 1 saturated heterocycles. The van der Waals surface area contributed by atoms with Crippen molar-refractivity contribution in [2.24, 2.45) is 5.92 Å². The summed E-state index contributed by atoms with van der Waals surface area (Å²) in [4.78, 5) is 10.5. The molecule has 98 valence electrons. The minimum Gasteiger partial charge on any atom is -0.497 e. The number of nitro benzene ring substituents is 1. The van der Waals surface area contributed by atoms with Gasteiger partial charge in [0.2, 0.25) is 0 Å². The van der Waals surface area contributed by atoms with Crippen molar-refractivity contribution in [1.29, 1.82) is 0 Å². The van der Waals surface area contributed by atoms with Crippen LogP contribution in [0.1, 0.15) is 6.42 Å². The van der Waals surface area contributed by atoms with Gasteiger partial charge in [-0.15, -0.1) is 0 Å². The van der Waals surface area contributed by atoms with Gasteiger partial charge in [0.1, 0.15) is 11.4 Å². The first-order valence-corrected chi connectivity index (χ1v) is 5.84. The highest BCUT2D eigenvalue weighted by Gasteiger charge is 2.18. The first kappa shape index (κ1) is 12.6. The monoisotopic (exact) mass is 252 g/mol. The van der Waals surface area contributed by atoms with E-state index in [1.807, 2.05) is 0 Å². The van der Waals surface area contributed by atoms with Crippen LogP contribution in [0, 0.1) is 16.0 Å². The summed E-state index contributed by atoms with van der Waals surface area (Å²) in [6.07, 6.45) is 0.991. The highest BCUT2D eigenvalue weighted by atomic mass is 16.6. The van der Waals surface area contributed by atoms with E-state index < -0.39 is 4.92 Å². The Morgan fingerprint density at radius 2 is 2.44 bits per heavy atom. The normalized spacial score (nSPS) is 18.6. The number of methoxy groups -OCH3 is 1. The number of anilines is 1. The molecule has 1 aliphatic rings. The molecule has 0 bridgehead atoms. The fourth-order valence-corrected chi connectivity index (χ4v) is 1.94. The van der Waals surface area contributed by atoms with E-state index in [9.17, 15) is 10.1 Å². The Balaban J connectivity index is 2.10. The molecule has 1 N–H and O–H groups in total. The van der Waals surface area contributed by atoms with Crippen LogP contribution in [-0.4, -0.2) is 31.8 Å². The molecule has 6 nitrogen and oxygen atoms in total. The van der Waals surface area contributed by atoms with Crippen LogP contribution in [0.4, 0.5) is 11.4 Å². The lowest BCUT2D eigenvalue weighted by atomic mass is 10.1. The Hall–Kier alpha value is -1.82. The van der Waals surface area contributed by atoms with Gasteiger partial charge in [-0.1, -0.05) is 0 Å². The van der Waals surface area contributed by atoms with E-state index >= 15 is 0 Å². The molecular formula is C12H16N2O4. The second-order valence-corrected chi connectivity index (χ2v) is 4.25. The van der Waals surface area contributed by atoms with Crippen LogP contribution in [0.25, 0.3) is 0 Å². The zero-order chi connectivity index (χ0) is 13.0. The van der Waals surface area contributed by atoms with Gasteiger partial charge in [0, 0.05) is 31.2 Å². The lowest BCUT2D eigenvalue weighted by Crippen LogP contribution is -2.14. The first-order chi connectivity index (χ1) is 8.70. The zero-order valence-electron chi connectivity index (χ0n) is 10.2. The quantitative estimate of drug-likeness (QED) is 0.641. The van der Waals surface area contributed by atoms with Crippen molar-refractivity contribution in [3.8, 4) is 5.75 Å². The van der Waals surface area contributed by atoms with Crippen molar-refractivity contribution in [2.45, 2.75) is 6.42 Å².